The second-order valence-corrected chi connectivity index (χ2v) is 9.25. The summed E-state index contributed by atoms with van der Waals surface area (Å²) in [7, 11) is 1.68. The van der Waals surface area contributed by atoms with Crippen LogP contribution in [0.25, 0.3) is 10.9 Å². The molecule has 1 unspecified atom stereocenters. The minimum absolute atomic E-state index is 0. The number of aromatic nitrogens is 1. The summed E-state index contributed by atoms with van der Waals surface area (Å²) in [5, 5.41) is 12.8. The molecule has 0 aliphatic carbocycles. The number of halogens is 1. The van der Waals surface area contributed by atoms with Crippen molar-refractivity contribution in [2.24, 2.45) is 11.8 Å². The van der Waals surface area contributed by atoms with E-state index in [0.29, 0.717) is 11.8 Å². The zero-order valence-corrected chi connectivity index (χ0v) is 19.3. The number of nitrogens with zero attached hydrogens (tertiary/aromatic N) is 2. The number of aliphatic hydroxyl groups is 1. The van der Waals surface area contributed by atoms with E-state index in [9.17, 15) is 5.11 Å². The molecule has 3 fully saturated rings. The van der Waals surface area contributed by atoms with Crippen molar-refractivity contribution >= 4 is 10.9 Å². The van der Waals surface area contributed by atoms with Crippen molar-refractivity contribution < 1.29 is 26.7 Å². The molecule has 2 aromatic carbocycles. The first-order valence-corrected chi connectivity index (χ1v) is 11.3. The maximum absolute atomic E-state index is 11.8. The smallest absolute Gasteiger partial charge is 0.131 e. The van der Waals surface area contributed by atoms with E-state index < -0.39 is 6.10 Å². The number of methoxy groups -OCH3 is 1. The summed E-state index contributed by atoms with van der Waals surface area (Å²) in [4.78, 5) is 4.52. The maximum atomic E-state index is 11.8. The molecule has 32 heavy (non-hydrogen) atoms. The van der Waals surface area contributed by atoms with Crippen LogP contribution in [0, 0.1) is 11.8 Å². The fourth-order valence-corrected chi connectivity index (χ4v) is 6.07. The Kier molecular flexibility index (Phi) is 6.57. The lowest BCUT2D eigenvalue weighted by atomic mass is 9.71. The molecule has 3 aliphatic heterocycles. The number of hydrogen-bond donors (Lipinski definition) is 1. The van der Waals surface area contributed by atoms with E-state index in [4.69, 9.17) is 4.74 Å². The number of piperidine rings is 3. The third-order valence-corrected chi connectivity index (χ3v) is 7.68. The highest BCUT2D eigenvalue weighted by Crippen LogP contribution is 2.48. The quantitative estimate of drug-likeness (QED) is 0.460. The Bertz CT molecular complexity index is 1090. The van der Waals surface area contributed by atoms with Gasteiger partial charge in [-0.2, -0.15) is 0 Å². The first kappa shape index (κ1) is 22.8. The molecule has 3 aliphatic rings. The molecule has 1 aromatic heterocycles. The fraction of sp³-hybridized carbons (Fsp3) is 0.370. The molecule has 0 radical (unpaired) electrons. The summed E-state index contributed by atoms with van der Waals surface area (Å²) in [6.07, 6.45) is 5.65. The normalized spacial score (nSPS) is 27.5. The molecule has 168 valence electrons. The Hall–Kier alpha value is -2.40. The van der Waals surface area contributed by atoms with Crippen molar-refractivity contribution in [1.82, 2.24) is 4.98 Å². The average molecular weight is 451 g/mol. The number of quaternary nitrogens is 1. The van der Waals surface area contributed by atoms with Crippen LogP contribution in [0.5, 0.6) is 5.75 Å². The lowest BCUT2D eigenvalue weighted by Gasteiger charge is -2.58. The molecule has 3 saturated heterocycles. The Labute approximate surface area is 196 Å². The Morgan fingerprint density at radius 2 is 2.03 bits per heavy atom. The zero-order chi connectivity index (χ0) is 21.4. The molecule has 5 atom stereocenters. The molecule has 6 rings (SSSR count). The molecule has 4 nitrogen and oxygen atoms in total. The van der Waals surface area contributed by atoms with Crippen LogP contribution < -0.4 is 17.1 Å². The minimum Gasteiger partial charge on any atom is -1.00 e. The molecule has 1 N–H and O–H groups in total. The van der Waals surface area contributed by atoms with Gasteiger partial charge in [0.05, 0.1) is 25.7 Å². The van der Waals surface area contributed by atoms with Gasteiger partial charge in [-0.3, -0.25) is 4.98 Å². The molecular weight excluding hydrogens is 420 g/mol. The van der Waals surface area contributed by atoms with E-state index in [2.05, 4.69) is 48.0 Å². The van der Waals surface area contributed by atoms with Gasteiger partial charge in [-0.15, -0.1) is 6.58 Å². The van der Waals surface area contributed by atoms with E-state index in [-0.39, 0.29) is 18.4 Å². The number of rotatable bonds is 6. The van der Waals surface area contributed by atoms with E-state index in [1.54, 1.807) is 7.11 Å². The van der Waals surface area contributed by atoms with Crippen molar-refractivity contribution in [3.63, 3.8) is 0 Å². The number of benzene rings is 2. The van der Waals surface area contributed by atoms with Gasteiger partial charge in [0.2, 0.25) is 0 Å². The standard InChI is InChI=1S/C27H31N2O2.ClH/c1-3-20-18-29(17-19-7-5-4-6-8-19)14-12-21(20)15-26(29)27(30)23-11-13-28-25-10-9-22(31-2)16-24(23)25;/h3-11,13,16,20-21,26-27,30H,1,12,14-15,17-18H2,2H3;1H/q+1;/p-1/t20-,21-,26+,27-,29?;/m0./s1. The summed E-state index contributed by atoms with van der Waals surface area (Å²) in [5.41, 5.74) is 3.19. The van der Waals surface area contributed by atoms with Crippen LogP contribution in [-0.4, -0.2) is 40.8 Å². The zero-order valence-electron chi connectivity index (χ0n) is 18.5. The van der Waals surface area contributed by atoms with Crippen molar-refractivity contribution in [2.75, 3.05) is 20.2 Å². The molecule has 0 spiro atoms. The van der Waals surface area contributed by atoms with Gasteiger partial charge in [0, 0.05) is 35.9 Å². The second-order valence-electron chi connectivity index (χ2n) is 9.25. The minimum atomic E-state index is -0.546. The predicted molar refractivity (Wildman–Crippen MR) is 124 cm³/mol. The fourth-order valence-electron chi connectivity index (χ4n) is 6.07. The molecule has 0 amide bonds. The molecule has 3 aromatic rings. The molecule has 2 bridgehead atoms. The third kappa shape index (κ3) is 3.92. The van der Waals surface area contributed by atoms with E-state index in [1.807, 2.05) is 30.5 Å². The van der Waals surface area contributed by atoms with Crippen LogP contribution in [-0.2, 0) is 6.54 Å². The van der Waals surface area contributed by atoms with E-state index in [1.165, 1.54) is 12.0 Å². The second kappa shape index (κ2) is 9.22. The summed E-state index contributed by atoms with van der Waals surface area (Å²) in [5.74, 6) is 1.92. The van der Waals surface area contributed by atoms with Crippen LogP contribution in [0.15, 0.2) is 73.4 Å². The highest BCUT2D eigenvalue weighted by molar-refractivity contribution is 5.83. The van der Waals surface area contributed by atoms with E-state index in [0.717, 1.165) is 52.8 Å². The van der Waals surface area contributed by atoms with Crippen LogP contribution in [0.3, 0.4) is 0 Å². The highest BCUT2D eigenvalue weighted by atomic mass is 35.5. The Morgan fingerprint density at radius 1 is 1.22 bits per heavy atom. The topological polar surface area (TPSA) is 42.4 Å². The lowest BCUT2D eigenvalue weighted by Crippen LogP contribution is -3.00. The average Bonchev–Trinajstić information content (AvgIpc) is 2.83. The molecule has 0 saturated carbocycles. The molecular formula is C27H31ClN2O2. The largest absolute Gasteiger partial charge is 1.00 e. The van der Waals surface area contributed by atoms with Gasteiger partial charge in [-0.25, -0.2) is 0 Å². The first-order chi connectivity index (χ1) is 15.1. The number of pyridine rings is 1. The van der Waals surface area contributed by atoms with Gasteiger partial charge in [-0.1, -0.05) is 36.4 Å². The van der Waals surface area contributed by atoms with Gasteiger partial charge in [0.1, 0.15) is 24.4 Å². The van der Waals surface area contributed by atoms with Crippen LogP contribution >= 0.6 is 0 Å². The van der Waals surface area contributed by atoms with Crippen molar-refractivity contribution in [3.05, 3.63) is 84.6 Å². The summed E-state index contributed by atoms with van der Waals surface area (Å²) in [6, 6.07) is 18.8. The van der Waals surface area contributed by atoms with Gasteiger partial charge in [-0.05, 0) is 35.7 Å². The van der Waals surface area contributed by atoms with Crippen molar-refractivity contribution in [3.8, 4) is 5.75 Å². The number of aliphatic hydroxyl groups excluding tert-OH is 1. The number of fused-ring (bicyclic) bond motifs is 4. The third-order valence-electron chi connectivity index (χ3n) is 7.68. The van der Waals surface area contributed by atoms with Crippen LogP contribution in [0.1, 0.15) is 30.1 Å². The summed E-state index contributed by atoms with van der Waals surface area (Å²) < 4.78 is 6.38. The lowest BCUT2D eigenvalue weighted by molar-refractivity contribution is -0.984. The first-order valence-electron chi connectivity index (χ1n) is 11.3. The monoisotopic (exact) mass is 450 g/mol. The van der Waals surface area contributed by atoms with Crippen LogP contribution in [0.4, 0.5) is 0 Å². The van der Waals surface area contributed by atoms with E-state index >= 15 is 0 Å². The van der Waals surface area contributed by atoms with Gasteiger partial charge in [0.25, 0.3) is 0 Å². The van der Waals surface area contributed by atoms with Gasteiger partial charge < -0.3 is 26.7 Å². The Morgan fingerprint density at radius 3 is 2.78 bits per heavy atom. The summed E-state index contributed by atoms with van der Waals surface area (Å²) >= 11 is 0. The summed E-state index contributed by atoms with van der Waals surface area (Å²) in [6.45, 7) is 7.25. The molecule has 5 heteroatoms. The van der Waals surface area contributed by atoms with Gasteiger partial charge >= 0.3 is 0 Å². The van der Waals surface area contributed by atoms with Crippen molar-refractivity contribution in [2.45, 2.75) is 31.5 Å². The number of ether oxygens (including phenoxy) is 1. The van der Waals surface area contributed by atoms with Crippen LogP contribution in [0.2, 0.25) is 0 Å². The highest BCUT2D eigenvalue weighted by Gasteiger charge is 2.53. The molecule has 4 heterocycles. The SMILES string of the molecule is C=C[C@H]1C[N+]2(Cc3ccccc3)CC[C@H]1C[C@@H]2[C@@H](O)c1ccnc2ccc(OC)cc12.[Cl-]. The number of hydrogen-bond acceptors (Lipinski definition) is 3. The maximum Gasteiger partial charge on any atom is 0.131 e. The Balaban J connectivity index is 0.00000245. The predicted octanol–water partition coefficient (Wildman–Crippen LogP) is 1.89. The van der Waals surface area contributed by atoms with Gasteiger partial charge in [0.15, 0.2) is 0 Å². The van der Waals surface area contributed by atoms with Crippen molar-refractivity contribution in [1.29, 1.82) is 0 Å².